The molecule has 0 aliphatic rings. The molecule has 6 heteroatoms. The number of para-hydroxylation sites is 1. The maximum atomic E-state index is 4.49. The Morgan fingerprint density at radius 1 is 1.16 bits per heavy atom. The van der Waals surface area contributed by atoms with Crippen LogP contribution in [0, 0.1) is 6.92 Å². The van der Waals surface area contributed by atoms with Crippen molar-refractivity contribution in [2.45, 2.75) is 13.8 Å². The fourth-order valence-electron chi connectivity index (χ4n) is 1.93. The fourth-order valence-corrected chi connectivity index (χ4v) is 1.93. The zero-order chi connectivity index (χ0) is 13.2. The first-order valence-electron chi connectivity index (χ1n) is 6.19. The summed E-state index contributed by atoms with van der Waals surface area (Å²) < 4.78 is 1.79. The minimum Gasteiger partial charge on any atom is -0.353 e. The van der Waals surface area contributed by atoms with E-state index >= 15 is 0 Å². The second-order valence-electron chi connectivity index (χ2n) is 4.17. The lowest BCUT2D eigenvalue weighted by Gasteiger charge is -2.03. The van der Waals surface area contributed by atoms with Gasteiger partial charge < -0.3 is 5.32 Å². The molecule has 0 bridgehead atoms. The van der Waals surface area contributed by atoms with Gasteiger partial charge in [-0.3, -0.25) is 0 Å². The summed E-state index contributed by atoms with van der Waals surface area (Å²) in [5.41, 5.74) is 3.23. The quantitative estimate of drug-likeness (QED) is 0.773. The van der Waals surface area contributed by atoms with Crippen LogP contribution in [0.15, 0.2) is 30.3 Å². The molecule has 0 saturated carbocycles. The lowest BCUT2D eigenvalue weighted by molar-refractivity contribution is 0.875. The Hall–Kier alpha value is -2.50. The molecule has 3 aromatic rings. The maximum Gasteiger partial charge on any atom is 0.244 e. The molecule has 0 fully saturated rings. The lowest BCUT2D eigenvalue weighted by atomic mass is 10.3. The largest absolute Gasteiger partial charge is 0.353 e. The normalized spacial score (nSPS) is 10.8. The highest BCUT2D eigenvalue weighted by atomic mass is 15.4. The Labute approximate surface area is 110 Å². The zero-order valence-electron chi connectivity index (χ0n) is 10.8. The monoisotopic (exact) mass is 254 g/mol. The van der Waals surface area contributed by atoms with Crippen LogP contribution in [0.5, 0.6) is 0 Å². The first-order valence-corrected chi connectivity index (χ1v) is 6.19. The predicted molar refractivity (Wildman–Crippen MR) is 73.4 cm³/mol. The van der Waals surface area contributed by atoms with E-state index in [0.29, 0.717) is 5.95 Å². The summed E-state index contributed by atoms with van der Waals surface area (Å²) in [6.07, 6.45) is 0. The third-order valence-corrected chi connectivity index (χ3v) is 2.80. The van der Waals surface area contributed by atoms with Crippen molar-refractivity contribution in [3.8, 4) is 5.69 Å². The third kappa shape index (κ3) is 2.01. The minimum absolute atomic E-state index is 0.520. The molecule has 3 rings (SSSR count). The molecule has 0 atom stereocenters. The first-order chi connectivity index (χ1) is 9.29. The molecule has 19 heavy (non-hydrogen) atoms. The molecule has 0 aliphatic carbocycles. The van der Waals surface area contributed by atoms with Crippen LogP contribution in [0.2, 0.25) is 0 Å². The van der Waals surface area contributed by atoms with E-state index in [1.54, 1.807) is 4.68 Å². The van der Waals surface area contributed by atoms with Crippen LogP contribution in [-0.4, -0.2) is 31.5 Å². The SMILES string of the molecule is CCNc1nnc2c(C)nn(-c3ccccc3)c2n1. The van der Waals surface area contributed by atoms with Gasteiger partial charge in [-0.05, 0) is 26.0 Å². The van der Waals surface area contributed by atoms with E-state index in [2.05, 4.69) is 25.6 Å². The van der Waals surface area contributed by atoms with Crippen molar-refractivity contribution in [3.05, 3.63) is 36.0 Å². The number of hydrogen-bond acceptors (Lipinski definition) is 5. The number of hydrogen-bond donors (Lipinski definition) is 1. The van der Waals surface area contributed by atoms with Crippen molar-refractivity contribution < 1.29 is 0 Å². The van der Waals surface area contributed by atoms with Crippen molar-refractivity contribution >= 4 is 17.1 Å². The van der Waals surface area contributed by atoms with E-state index in [1.165, 1.54) is 0 Å². The van der Waals surface area contributed by atoms with Crippen molar-refractivity contribution in [2.24, 2.45) is 0 Å². The smallest absolute Gasteiger partial charge is 0.244 e. The van der Waals surface area contributed by atoms with Crippen LogP contribution in [0.25, 0.3) is 16.9 Å². The van der Waals surface area contributed by atoms with Gasteiger partial charge in [0.15, 0.2) is 11.2 Å². The summed E-state index contributed by atoms with van der Waals surface area (Å²) in [6.45, 7) is 4.66. The van der Waals surface area contributed by atoms with E-state index in [-0.39, 0.29) is 0 Å². The van der Waals surface area contributed by atoms with Crippen molar-refractivity contribution in [2.75, 3.05) is 11.9 Å². The van der Waals surface area contributed by atoms with Gasteiger partial charge in [-0.25, -0.2) is 4.68 Å². The Morgan fingerprint density at radius 3 is 2.68 bits per heavy atom. The second kappa shape index (κ2) is 4.64. The number of aromatic nitrogens is 5. The third-order valence-electron chi connectivity index (χ3n) is 2.80. The highest BCUT2D eigenvalue weighted by Crippen LogP contribution is 2.18. The van der Waals surface area contributed by atoms with Gasteiger partial charge in [0.2, 0.25) is 5.95 Å². The zero-order valence-corrected chi connectivity index (χ0v) is 10.8. The number of fused-ring (bicyclic) bond motifs is 1. The van der Waals surface area contributed by atoms with E-state index in [4.69, 9.17) is 0 Å². The number of nitrogens with zero attached hydrogens (tertiary/aromatic N) is 5. The number of benzene rings is 1. The molecule has 1 aromatic carbocycles. The number of aryl methyl sites for hydroxylation is 1. The molecule has 0 saturated heterocycles. The summed E-state index contributed by atoms with van der Waals surface area (Å²) in [6, 6.07) is 9.89. The summed E-state index contributed by atoms with van der Waals surface area (Å²) >= 11 is 0. The van der Waals surface area contributed by atoms with Gasteiger partial charge in [0.05, 0.1) is 11.4 Å². The van der Waals surface area contributed by atoms with Gasteiger partial charge in [0.1, 0.15) is 0 Å². The first kappa shape index (κ1) is 11.6. The van der Waals surface area contributed by atoms with Crippen LogP contribution in [-0.2, 0) is 0 Å². The van der Waals surface area contributed by atoms with Crippen molar-refractivity contribution in [3.63, 3.8) is 0 Å². The summed E-state index contributed by atoms with van der Waals surface area (Å²) in [5, 5.41) is 15.8. The molecular formula is C13H14N6. The molecule has 96 valence electrons. The van der Waals surface area contributed by atoms with Gasteiger partial charge in [0.25, 0.3) is 0 Å². The van der Waals surface area contributed by atoms with Crippen molar-refractivity contribution in [1.29, 1.82) is 0 Å². The van der Waals surface area contributed by atoms with Crippen LogP contribution >= 0.6 is 0 Å². The number of nitrogens with one attached hydrogen (secondary N) is 1. The van der Waals surface area contributed by atoms with Crippen LogP contribution in [0.4, 0.5) is 5.95 Å². The van der Waals surface area contributed by atoms with Gasteiger partial charge in [-0.2, -0.15) is 10.1 Å². The number of rotatable bonds is 3. The molecule has 1 N–H and O–H groups in total. The van der Waals surface area contributed by atoms with Gasteiger partial charge >= 0.3 is 0 Å². The highest BCUT2D eigenvalue weighted by molar-refractivity contribution is 5.75. The van der Waals surface area contributed by atoms with E-state index in [9.17, 15) is 0 Å². The Bertz CT molecular complexity index is 704. The lowest BCUT2D eigenvalue weighted by Crippen LogP contribution is -2.05. The summed E-state index contributed by atoms with van der Waals surface area (Å²) in [5.74, 6) is 0.520. The molecule has 2 heterocycles. The summed E-state index contributed by atoms with van der Waals surface area (Å²) in [7, 11) is 0. The van der Waals surface area contributed by atoms with Crippen molar-refractivity contribution in [1.82, 2.24) is 25.0 Å². The average molecular weight is 254 g/mol. The van der Waals surface area contributed by atoms with E-state index < -0.39 is 0 Å². The Morgan fingerprint density at radius 2 is 1.95 bits per heavy atom. The molecule has 0 amide bonds. The minimum atomic E-state index is 0.520. The van der Waals surface area contributed by atoms with Crippen LogP contribution < -0.4 is 5.32 Å². The Kier molecular flexibility index (Phi) is 2.83. The molecule has 0 spiro atoms. The standard InChI is InChI=1S/C13H14N6/c1-3-14-13-15-12-11(16-17-13)9(2)18-19(12)10-7-5-4-6-8-10/h4-8H,3H2,1-2H3,(H,14,15,17). The molecule has 2 aromatic heterocycles. The summed E-state index contributed by atoms with van der Waals surface area (Å²) in [4.78, 5) is 4.48. The van der Waals surface area contributed by atoms with E-state index in [0.717, 1.165) is 29.1 Å². The Balaban J connectivity index is 2.21. The van der Waals surface area contributed by atoms with Gasteiger partial charge in [-0.15, -0.1) is 10.2 Å². The van der Waals surface area contributed by atoms with Crippen LogP contribution in [0.1, 0.15) is 12.6 Å². The maximum absolute atomic E-state index is 4.49. The average Bonchev–Trinajstić information content (AvgIpc) is 2.77. The van der Waals surface area contributed by atoms with Gasteiger partial charge in [0, 0.05) is 6.54 Å². The van der Waals surface area contributed by atoms with E-state index in [1.807, 2.05) is 44.2 Å². The highest BCUT2D eigenvalue weighted by Gasteiger charge is 2.13. The van der Waals surface area contributed by atoms with Gasteiger partial charge in [-0.1, -0.05) is 18.2 Å². The topological polar surface area (TPSA) is 68.5 Å². The van der Waals surface area contributed by atoms with Crippen LogP contribution in [0.3, 0.4) is 0 Å². The molecular weight excluding hydrogens is 240 g/mol. The second-order valence-corrected chi connectivity index (χ2v) is 4.17. The molecule has 6 nitrogen and oxygen atoms in total. The molecule has 0 radical (unpaired) electrons. The fraction of sp³-hybridized carbons (Fsp3) is 0.231. The number of anilines is 1. The molecule has 0 aliphatic heterocycles. The predicted octanol–water partition coefficient (Wildman–Crippen LogP) is 1.95. The molecule has 0 unspecified atom stereocenters.